The van der Waals surface area contributed by atoms with Crippen molar-refractivity contribution in [1.82, 2.24) is 10.2 Å². The summed E-state index contributed by atoms with van der Waals surface area (Å²) in [5.41, 5.74) is 3.33. The zero-order valence-electron chi connectivity index (χ0n) is 17.3. The van der Waals surface area contributed by atoms with Crippen molar-refractivity contribution >= 4 is 17.7 Å². The summed E-state index contributed by atoms with van der Waals surface area (Å²) in [4.78, 5) is 18.1. The van der Waals surface area contributed by atoms with Crippen molar-refractivity contribution in [2.24, 2.45) is 0 Å². The molecular formula is C26H25FN2OS. The van der Waals surface area contributed by atoms with E-state index < -0.39 is 0 Å². The Morgan fingerprint density at radius 1 is 0.968 bits per heavy atom. The number of halogens is 1. The first kappa shape index (κ1) is 20.3. The fourth-order valence-corrected chi connectivity index (χ4v) is 5.71. The summed E-state index contributed by atoms with van der Waals surface area (Å²) in [6.45, 7) is 2.75. The predicted octanol–water partition coefficient (Wildman–Crippen LogP) is 4.86. The number of fused-ring (bicyclic) bond motifs is 2. The molecule has 3 aromatic rings. The van der Waals surface area contributed by atoms with Gasteiger partial charge >= 0.3 is 0 Å². The Kier molecular flexibility index (Phi) is 5.79. The van der Waals surface area contributed by atoms with Crippen molar-refractivity contribution in [3.63, 3.8) is 0 Å². The van der Waals surface area contributed by atoms with Crippen LogP contribution in [0, 0.1) is 5.82 Å². The predicted molar refractivity (Wildman–Crippen MR) is 122 cm³/mol. The maximum absolute atomic E-state index is 13.4. The molecule has 2 aliphatic rings. The van der Waals surface area contributed by atoms with E-state index in [4.69, 9.17) is 0 Å². The standard InChI is InChI=1S/C26H25FN2OS/c27-19-11-9-18(10-12-19)13-15-29-16-14-20(17-29)28-26(30)25-21-5-1-3-7-23(21)31-24-8-4-2-6-22(24)25/h1-12,20,25H,13-17H2,(H,28,30). The Morgan fingerprint density at radius 3 is 2.29 bits per heavy atom. The van der Waals surface area contributed by atoms with Crippen LogP contribution in [0.5, 0.6) is 0 Å². The lowest BCUT2D eigenvalue weighted by Crippen LogP contribution is -2.40. The van der Waals surface area contributed by atoms with Crippen molar-refractivity contribution < 1.29 is 9.18 Å². The molecule has 1 atom stereocenters. The minimum absolute atomic E-state index is 0.0885. The molecule has 0 aromatic heterocycles. The molecule has 1 N–H and O–H groups in total. The average molecular weight is 433 g/mol. The molecule has 3 aromatic carbocycles. The second kappa shape index (κ2) is 8.85. The van der Waals surface area contributed by atoms with E-state index in [9.17, 15) is 9.18 Å². The van der Waals surface area contributed by atoms with E-state index in [1.54, 1.807) is 11.8 Å². The van der Waals surface area contributed by atoms with Crippen LogP contribution in [0.15, 0.2) is 82.6 Å². The summed E-state index contributed by atoms with van der Waals surface area (Å²) >= 11 is 1.74. The van der Waals surface area contributed by atoms with Crippen LogP contribution in [-0.4, -0.2) is 36.5 Å². The van der Waals surface area contributed by atoms with Crippen molar-refractivity contribution in [3.05, 3.63) is 95.3 Å². The second-order valence-corrected chi connectivity index (χ2v) is 9.37. The van der Waals surface area contributed by atoms with Crippen LogP contribution < -0.4 is 5.32 Å². The SMILES string of the molecule is O=C(NC1CCN(CCc2ccc(F)cc2)C1)C1c2ccccc2Sc2ccccc21. The highest BCUT2D eigenvalue weighted by Crippen LogP contribution is 2.45. The van der Waals surface area contributed by atoms with Gasteiger partial charge in [-0.3, -0.25) is 4.79 Å². The zero-order valence-corrected chi connectivity index (χ0v) is 18.1. The number of nitrogens with zero attached hydrogens (tertiary/aromatic N) is 1. The monoisotopic (exact) mass is 432 g/mol. The second-order valence-electron chi connectivity index (χ2n) is 8.28. The number of amides is 1. The van der Waals surface area contributed by atoms with Crippen LogP contribution in [-0.2, 0) is 11.2 Å². The highest BCUT2D eigenvalue weighted by Gasteiger charge is 2.33. The van der Waals surface area contributed by atoms with E-state index >= 15 is 0 Å². The third-order valence-corrected chi connectivity index (χ3v) is 7.37. The van der Waals surface area contributed by atoms with Crippen LogP contribution in [0.1, 0.15) is 29.0 Å². The summed E-state index contributed by atoms with van der Waals surface area (Å²) in [6.07, 6.45) is 1.85. The smallest absolute Gasteiger partial charge is 0.232 e. The van der Waals surface area contributed by atoms with Crippen molar-refractivity contribution in [2.75, 3.05) is 19.6 Å². The Labute approximate surface area is 186 Å². The fourth-order valence-electron chi connectivity index (χ4n) is 4.57. The van der Waals surface area contributed by atoms with Gasteiger partial charge in [-0.2, -0.15) is 0 Å². The Balaban J connectivity index is 1.24. The molecule has 0 saturated carbocycles. The number of nitrogens with one attached hydrogen (secondary N) is 1. The van der Waals surface area contributed by atoms with Crippen LogP contribution in [0.3, 0.4) is 0 Å². The minimum Gasteiger partial charge on any atom is -0.351 e. The first-order chi connectivity index (χ1) is 15.2. The van der Waals surface area contributed by atoms with Gasteiger partial charge in [0.1, 0.15) is 5.82 Å². The number of carbonyl (C=O) groups is 1. The van der Waals surface area contributed by atoms with Gasteiger partial charge in [0.15, 0.2) is 0 Å². The molecule has 1 amide bonds. The van der Waals surface area contributed by atoms with Crippen LogP contribution in [0.25, 0.3) is 0 Å². The largest absolute Gasteiger partial charge is 0.351 e. The number of hydrogen-bond acceptors (Lipinski definition) is 3. The van der Waals surface area contributed by atoms with Gasteiger partial charge in [0.2, 0.25) is 5.91 Å². The molecule has 0 radical (unpaired) electrons. The molecule has 1 fully saturated rings. The Hall–Kier alpha value is -2.63. The maximum atomic E-state index is 13.4. The van der Waals surface area contributed by atoms with Crippen molar-refractivity contribution in [2.45, 2.75) is 34.6 Å². The summed E-state index contributed by atoms with van der Waals surface area (Å²) in [6, 6.07) is 23.3. The topological polar surface area (TPSA) is 32.3 Å². The van der Waals surface area contributed by atoms with Gasteiger partial charge in [0.25, 0.3) is 0 Å². The van der Waals surface area contributed by atoms with E-state index in [-0.39, 0.29) is 23.7 Å². The van der Waals surface area contributed by atoms with Crippen LogP contribution in [0.4, 0.5) is 4.39 Å². The summed E-state index contributed by atoms with van der Waals surface area (Å²) in [5, 5.41) is 3.33. The van der Waals surface area contributed by atoms with Gasteiger partial charge < -0.3 is 10.2 Å². The van der Waals surface area contributed by atoms with E-state index in [1.807, 2.05) is 36.4 Å². The number of likely N-dealkylation sites (tertiary alicyclic amines) is 1. The first-order valence-corrected chi connectivity index (χ1v) is 11.6. The lowest BCUT2D eigenvalue weighted by molar-refractivity contribution is -0.122. The van der Waals surface area contributed by atoms with Crippen LogP contribution in [0.2, 0.25) is 0 Å². The van der Waals surface area contributed by atoms with E-state index in [0.717, 1.165) is 59.0 Å². The molecule has 2 aliphatic heterocycles. The van der Waals surface area contributed by atoms with Gasteiger partial charge in [-0.15, -0.1) is 0 Å². The van der Waals surface area contributed by atoms with Gasteiger partial charge in [0.05, 0.1) is 5.92 Å². The Morgan fingerprint density at radius 2 is 1.61 bits per heavy atom. The summed E-state index contributed by atoms with van der Waals surface area (Å²) in [5.74, 6) is -0.371. The van der Waals surface area contributed by atoms with E-state index in [1.165, 1.54) is 12.1 Å². The van der Waals surface area contributed by atoms with Gasteiger partial charge in [0, 0.05) is 35.5 Å². The van der Waals surface area contributed by atoms with E-state index in [2.05, 4.69) is 34.5 Å². The van der Waals surface area contributed by atoms with Crippen molar-refractivity contribution in [1.29, 1.82) is 0 Å². The van der Waals surface area contributed by atoms with Gasteiger partial charge in [-0.05, 0) is 53.8 Å². The number of hydrogen-bond donors (Lipinski definition) is 1. The minimum atomic E-state index is -0.262. The highest BCUT2D eigenvalue weighted by atomic mass is 32.2. The molecule has 158 valence electrons. The van der Waals surface area contributed by atoms with Crippen LogP contribution >= 0.6 is 11.8 Å². The maximum Gasteiger partial charge on any atom is 0.232 e. The van der Waals surface area contributed by atoms with Gasteiger partial charge in [-0.25, -0.2) is 4.39 Å². The summed E-state index contributed by atoms with van der Waals surface area (Å²) in [7, 11) is 0. The molecule has 3 nitrogen and oxygen atoms in total. The molecular weight excluding hydrogens is 407 g/mol. The number of carbonyl (C=O) groups excluding carboxylic acids is 1. The number of rotatable bonds is 5. The zero-order chi connectivity index (χ0) is 21.2. The molecule has 2 heterocycles. The first-order valence-electron chi connectivity index (χ1n) is 10.8. The third-order valence-electron chi connectivity index (χ3n) is 6.19. The third kappa shape index (κ3) is 4.39. The Bertz CT molecular complexity index is 1040. The molecule has 1 saturated heterocycles. The molecule has 0 bridgehead atoms. The molecule has 31 heavy (non-hydrogen) atoms. The lowest BCUT2D eigenvalue weighted by Gasteiger charge is -2.28. The normalized spacial score (nSPS) is 18.4. The lowest BCUT2D eigenvalue weighted by atomic mass is 9.89. The average Bonchev–Trinajstić information content (AvgIpc) is 3.24. The fraction of sp³-hybridized carbons (Fsp3) is 0.269. The highest BCUT2D eigenvalue weighted by molar-refractivity contribution is 7.99. The van der Waals surface area contributed by atoms with Crippen molar-refractivity contribution in [3.8, 4) is 0 Å². The van der Waals surface area contributed by atoms with E-state index in [0.29, 0.717) is 0 Å². The summed E-state index contributed by atoms with van der Waals surface area (Å²) < 4.78 is 13.1. The van der Waals surface area contributed by atoms with Gasteiger partial charge in [-0.1, -0.05) is 60.3 Å². The number of benzene rings is 3. The molecule has 5 rings (SSSR count). The quantitative estimate of drug-likeness (QED) is 0.625. The molecule has 0 spiro atoms. The molecule has 1 unspecified atom stereocenters. The molecule has 0 aliphatic carbocycles. The molecule has 5 heteroatoms.